The molecule has 0 radical (unpaired) electrons. The maximum atomic E-state index is 13.5. The standard InChI is InChI=1S/C25H32FN3O4/c1-17(2)23(28-24(30)19-6-10-21(32-3)11-7-19)25(31)27-16-22(29-12-14-33-15-13-29)18-4-8-20(26)9-5-18/h4-11,17,22-23H,12-16H2,1-3H3,(H,27,31)(H,28,30)/t22-,23+/m1/s1. The van der Waals surface area contributed by atoms with Crippen LogP contribution >= 0.6 is 0 Å². The summed E-state index contributed by atoms with van der Waals surface area (Å²) < 4.78 is 24.0. The van der Waals surface area contributed by atoms with E-state index in [2.05, 4.69) is 15.5 Å². The van der Waals surface area contributed by atoms with Crippen molar-refractivity contribution in [2.75, 3.05) is 40.0 Å². The largest absolute Gasteiger partial charge is 0.497 e. The van der Waals surface area contributed by atoms with E-state index in [0.29, 0.717) is 31.1 Å². The molecule has 8 heteroatoms. The Kier molecular flexibility index (Phi) is 8.79. The quantitative estimate of drug-likeness (QED) is 0.605. The summed E-state index contributed by atoms with van der Waals surface area (Å²) in [6, 6.07) is 12.2. The number of amides is 2. The predicted molar refractivity (Wildman–Crippen MR) is 124 cm³/mol. The Hall–Kier alpha value is -2.97. The van der Waals surface area contributed by atoms with Crippen molar-refractivity contribution in [3.05, 3.63) is 65.5 Å². The van der Waals surface area contributed by atoms with Gasteiger partial charge in [-0.25, -0.2) is 4.39 Å². The van der Waals surface area contributed by atoms with Crippen molar-refractivity contribution in [3.8, 4) is 5.75 Å². The van der Waals surface area contributed by atoms with E-state index in [9.17, 15) is 14.0 Å². The molecule has 2 aromatic carbocycles. The third-order valence-electron chi connectivity index (χ3n) is 5.80. The minimum absolute atomic E-state index is 0.111. The van der Waals surface area contributed by atoms with Gasteiger partial charge in [-0.15, -0.1) is 0 Å². The van der Waals surface area contributed by atoms with Gasteiger partial charge in [0.2, 0.25) is 5.91 Å². The molecule has 0 aromatic heterocycles. The highest BCUT2D eigenvalue weighted by Crippen LogP contribution is 2.22. The van der Waals surface area contributed by atoms with Crippen LogP contribution in [0.1, 0.15) is 35.8 Å². The molecule has 1 heterocycles. The van der Waals surface area contributed by atoms with Crippen LogP contribution < -0.4 is 15.4 Å². The fourth-order valence-electron chi connectivity index (χ4n) is 3.84. The van der Waals surface area contributed by atoms with Gasteiger partial charge in [0.05, 0.1) is 26.4 Å². The van der Waals surface area contributed by atoms with Gasteiger partial charge in [0.1, 0.15) is 17.6 Å². The van der Waals surface area contributed by atoms with E-state index in [0.717, 1.165) is 18.7 Å². The zero-order valence-corrected chi connectivity index (χ0v) is 19.3. The molecule has 0 bridgehead atoms. The Morgan fingerprint density at radius 3 is 2.27 bits per heavy atom. The first-order valence-corrected chi connectivity index (χ1v) is 11.2. The number of carbonyl (C=O) groups excluding carboxylic acids is 2. The summed E-state index contributed by atoms with van der Waals surface area (Å²) in [6.07, 6.45) is 0. The van der Waals surface area contributed by atoms with E-state index in [1.165, 1.54) is 12.1 Å². The first kappa shape index (κ1) is 24.7. The van der Waals surface area contributed by atoms with Crippen LogP contribution in [0.5, 0.6) is 5.75 Å². The van der Waals surface area contributed by atoms with Gasteiger partial charge >= 0.3 is 0 Å². The fourth-order valence-corrected chi connectivity index (χ4v) is 3.84. The monoisotopic (exact) mass is 457 g/mol. The van der Waals surface area contributed by atoms with Crippen LogP contribution in [-0.4, -0.2) is 62.7 Å². The smallest absolute Gasteiger partial charge is 0.251 e. The molecule has 2 N–H and O–H groups in total. The zero-order valence-electron chi connectivity index (χ0n) is 19.3. The van der Waals surface area contributed by atoms with Gasteiger partial charge in [-0.05, 0) is 47.9 Å². The third kappa shape index (κ3) is 6.76. The zero-order chi connectivity index (χ0) is 23.8. The summed E-state index contributed by atoms with van der Waals surface area (Å²) in [5.74, 6) is -0.342. The van der Waals surface area contributed by atoms with Crippen molar-refractivity contribution in [3.63, 3.8) is 0 Å². The highest BCUT2D eigenvalue weighted by molar-refractivity contribution is 5.97. The molecule has 1 aliphatic rings. The van der Waals surface area contributed by atoms with Gasteiger partial charge in [0, 0.05) is 25.2 Å². The highest BCUT2D eigenvalue weighted by Gasteiger charge is 2.28. The van der Waals surface area contributed by atoms with Crippen LogP contribution in [0, 0.1) is 11.7 Å². The summed E-state index contributed by atoms with van der Waals surface area (Å²) in [5, 5.41) is 5.85. The van der Waals surface area contributed by atoms with Crippen molar-refractivity contribution < 1.29 is 23.5 Å². The van der Waals surface area contributed by atoms with E-state index in [-0.39, 0.29) is 29.6 Å². The molecule has 1 fully saturated rings. The summed E-state index contributed by atoms with van der Waals surface area (Å²) >= 11 is 0. The lowest BCUT2D eigenvalue weighted by Gasteiger charge is -2.35. The van der Waals surface area contributed by atoms with Gasteiger partial charge in [-0.3, -0.25) is 14.5 Å². The molecule has 0 unspecified atom stereocenters. The van der Waals surface area contributed by atoms with Gasteiger partial charge in [-0.2, -0.15) is 0 Å². The molecule has 3 rings (SSSR count). The fraction of sp³-hybridized carbons (Fsp3) is 0.440. The average molecular weight is 458 g/mol. The lowest BCUT2D eigenvalue weighted by molar-refractivity contribution is -0.124. The molecule has 178 valence electrons. The maximum absolute atomic E-state index is 13.5. The molecule has 7 nitrogen and oxygen atoms in total. The number of nitrogens with one attached hydrogen (secondary N) is 2. The van der Waals surface area contributed by atoms with Gasteiger partial charge in [0.25, 0.3) is 5.91 Å². The third-order valence-corrected chi connectivity index (χ3v) is 5.80. The Labute approximate surface area is 194 Å². The number of methoxy groups -OCH3 is 1. The van der Waals surface area contributed by atoms with Crippen LogP contribution in [0.25, 0.3) is 0 Å². The molecular weight excluding hydrogens is 425 g/mol. The lowest BCUT2D eigenvalue weighted by atomic mass is 10.0. The molecule has 1 aliphatic heterocycles. The second kappa shape index (κ2) is 11.8. The Morgan fingerprint density at radius 2 is 1.70 bits per heavy atom. The number of ether oxygens (including phenoxy) is 2. The number of hydrogen-bond donors (Lipinski definition) is 2. The van der Waals surface area contributed by atoms with E-state index in [1.54, 1.807) is 43.5 Å². The Bertz CT molecular complexity index is 912. The van der Waals surface area contributed by atoms with Crippen molar-refractivity contribution >= 4 is 11.8 Å². The van der Waals surface area contributed by atoms with Crippen molar-refractivity contribution in [2.45, 2.75) is 25.9 Å². The molecule has 2 aromatic rings. The van der Waals surface area contributed by atoms with Crippen molar-refractivity contribution in [1.82, 2.24) is 15.5 Å². The molecule has 2 amide bonds. The van der Waals surface area contributed by atoms with Gasteiger partial charge < -0.3 is 20.1 Å². The summed E-state index contributed by atoms with van der Waals surface area (Å²) in [6.45, 7) is 6.78. The lowest BCUT2D eigenvalue weighted by Crippen LogP contribution is -2.52. The van der Waals surface area contributed by atoms with Crippen molar-refractivity contribution in [2.24, 2.45) is 5.92 Å². The number of carbonyl (C=O) groups is 2. The normalized spacial score (nSPS) is 16.2. The van der Waals surface area contributed by atoms with Gasteiger partial charge in [-0.1, -0.05) is 26.0 Å². The molecule has 2 atom stereocenters. The Morgan fingerprint density at radius 1 is 1.06 bits per heavy atom. The van der Waals surface area contributed by atoms with Crippen molar-refractivity contribution in [1.29, 1.82) is 0 Å². The molecule has 0 spiro atoms. The van der Waals surface area contributed by atoms with Crippen LogP contribution in [0.15, 0.2) is 48.5 Å². The maximum Gasteiger partial charge on any atom is 0.251 e. The number of nitrogens with zero attached hydrogens (tertiary/aromatic N) is 1. The number of rotatable bonds is 9. The summed E-state index contributed by atoms with van der Waals surface area (Å²) in [7, 11) is 1.56. The van der Waals surface area contributed by atoms with Gasteiger partial charge in [0.15, 0.2) is 0 Å². The summed E-state index contributed by atoms with van der Waals surface area (Å²) in [4.78, 5) is 28.0. The molecular formula is C25H32FN3O4. The van der Waals surface area contributed by atoms with Crippen LogP contribution in [0.3, 0.4) is 0 Å². The number of hydrogen-bond acceptors (Lipinski definition) is 5. The summed E-state index contributed by atoms with van der Waals surface area (Å²) in [5.41, 5.74) is 1.37. The molecule has 1 saturated heterocycles. The van der Waals surface area contributed by atoms with E-state index < -0.39 is 6.04 Å². The van der Waals surface area contributed by atoms with E-state index in [1.807, 2.05) is 13.8 Å². The molecule has 0 saturated carbocycles. The van der Waals surface area contributed by atoms with E-state index >= 15 is 0 Å². The van der Waals surface area contributed by atoms with E-state index in [4.69, 9.17) is 9.47 Å². The SMILES string of the molecule is COc1ccc(C(=O)N[C@H](C(=O)NC[C@H](c2ccc(F)cc2)N2CCOCC2)C(C)C)cc1. The van der Waals surface area contributed by atoms with Crippen LogP contribution in [0.2, 0.25) is 0 Å². The first-order chi connectivity index (χ1) is 15.9. The first-order valence-electron chi connectivity index (χ1n) is 11.2. The minimum atomic E-state index is -0.696. The molecule has 33 heavy (non-hydrogen) atoms. The Balaban J connectivity index is 1.68. The minimum Gasteiger partial charge on any atom is -0.497 e. The topological polar surface area (TPSA) is 79.9 Å². The second-order valence-electron chi connectivity index (χ2n) is 8.38. The predicted octanol–water partition coefficient (Wildman–Crippen LogP) is 2.78. The number of morpholine rings is 1. The second-order valence-corrected chi connectivity index (χ2v) is 8.38. The molecule has 0 aliphatic carbocycles. The van der Waals surface area contributed by atoms with Crippen LogP contribution in [-0.2, 0) is 9.53 Å². The average Bonchev–Trinajstić information content (AvgIpc) is 2.84. The number of benzene rings is 2. The highest BCUT2D eigenvalue weighted by atomic mass is 19.1. The number of halogens is 1. The van der Waals surface area contributed by atoms with Crippen LogP contribution in [0.4, 0.5) is 4.39 Å².